The predicted octanol–water partition coefficient (Wildman–Crippen LogP) is 2.36. The third-order valence-corrected chi connectivity index (χ3v) is 2.83. The molecule has 0 aliphatic carbocycles. The van der Waals surface area contributed by atoms with Crippen LogP contribution in [0.15, 0.2) is 30.6 Å². The van der Waals surface area contributed by atoms with Crippen molar-refractivity contribution >= 4 is 0 Å². The van der Waals surface area contributed by atoms with E-state index in [4.69, 9.17) is 0 Å². The lowest BCUT2D eigenvalue weighted by Crippen LogP contribution is -2.20. The van der Waals surface area contributed by atoms with Crippen molar-refractivity contribution < 1.29 is 4.39 Å². The van der Waals surface area contributed by atoms with Crippen molar-refractivity contribution in [1.29, 1.82) is 0 Å². The van der Waals surface area contributed by atoms with Crippen LogP contribution in [-0.2, 0) is 6.42 Å². The lowest BCUT2D eigenvalue weighted by Gasteiger charge is -2.16. The van der Waals surface area contributed by atoms with Crippen molar-refractivity contribution in [3.05, 3.63) is 53.4 Å². The van der Waals surface area contributed by atoms with Gasteiger partial charge in [-0.3, -0.25) is 0 Å². The van der Waals surface area contributed by atoms with Gasteiger partial charge in [-0.15, -0.1) is 0 Å². The standard InChI is InChI=1S/C13H16FN3/c1-9-3-4-10(11(14)7-9)12(15-2)8-13-16-5-6-17-13/h3-7,12,15H,8H2,1-2H3,(H,16,17). The molecule has 0 aliphatic rings. The van der Waals surface area contributed by atoms with E-state index in [9.17, 15) is 4.39 Å². The first-order valence-corrected chi connectivity index (χ1v) is 5.62. The molecule has 0 saturated carbocycles. The zero-order valence-electron chi connectivity index (χ0n) is 10.00. The van der Waals surface area contributed by atoms with E-state index in [2.05, 4.69) is 15.3 Å². The Morgan fingerprint density at radius 3 is 2.88 bits per heavy atom. The highest BCUT2D eigenvalue weighted by atomic mass is 19.1. The number of likely N-dealkylation sites (N-methyl/N-ethyl adjacent to an activating group) is 1. The van der Waals surface area contributed by atoms with Gasteiger partial charge in [-0.1, -0.05) is 12.1 Å². The minimum atomic E-state index is -0.170. The number of hydrogen-bond donors (Lipinski definition) is 2. The third-order valence-electron chi connectivity index (χ3n) is 2.83. The Balaban J connectivity index is 2.23. The van der Waals surface area contributed by atoms with Gasteiger partial charge >= 0.3 is 0 Å². The monoisotopic (exact) mass is 233 g/mol. The number of nitrogens with one attached hydrogen (secondary N) is 2. The summed E-state index contributed by atoms with van der Waals surface area (Å²) >= 11 is 0. The van der Waals surface area contributed by atoms with Crippen LogP contribution in [0.3, 0.4) is 0 Å². The van der Waals surface area contributed by atoms with Crippen LogP contribution in [0.2, 0.25) is 0 Å². The molecule has 0 spiro atoms. The molecule has 2 rings (SSSR count). The average Bonchev–Trinajstić information content (AvgIpc) is 2.79. The number of H-pyrrole nitrogens is 1. The van der Waals surface area contributed by atoms with E-state index in [0.29, 0.717) is 12.0 Å². The fourth-order valence-corrected chi connectivity index (χ4v) is 1.89. The van der Waals surface area contributed by atoms with Crippen molar-refractivity contribution in [1.82, 2.24) is 15.3 Å². The molecule has 1 aromatic carbocycles. The van der Waals surface area contributed by atoms with Crippen LogP contribution < -0.4 is 5.32 Å². The molecule has 1 atom stereocenters. The molecule has 0 aliphatic heterocycles. The third kappa shape index (κ3) is 2.71. The highest BCUT2D eigenvalue weighted by Crippen LogP contribution is 2.20. The molecular weight excluding hydrogens is 217 g/mol. The van der Waals surface area contributed by atoms with Crippen molar-refractivity contribution in [2.75, 3.05) is 7.05 Å². The summed E-state index contributed by atoms with van der Waals surface area (Å²) in [5.41, 5.74) is 1.61. The second-order valence-electron chi connectivity index (χ2n) is 4.11. The van der Waals surface area contributed by atoms with Crippen LogP contribution >= 0.6 is 0 Å². The topological polar surface area (TPSA) is 40.7 Å². The van der Waals surface area contributed by atoms with E-state index in [1.807, 2.05) is 26.1 Å². The van der Waals surface area contributed by atoms with Gasteiger partial charge in [0, 0.05) is 30.4 Å². The molecule has 3 nitrogen and oxygen atoms in total. The summed E-state index contributed by atoms with van der Waals surface area (Å²) in [6.45, 7) is 1.88. The maximum Gasteiger partial charge on any atom is 0.128 e. The quantitative estimate of drug-likeness (QED) is 0.851. The zero-order chi connectivity index (χ0) is 12.3. The number of benzene rings is 1. The largest absolute Gasteiger partial charge is 0.349 e. The van der Waals surface area contributed by atoms with Gasteiger partial charge in [0.05, 0.1) is 0 Å². The van der Waals surface area contributed by atoms with Gasteiger partial charge < -0.3 is 10.3 Å². The lowest BCUT2D eigenvalue weighted by molar-refractivity contribution is 0.526. The lowest BCUT2D eigenvalue weighted by atomic mass is 10.0. The van der Waals surface area contributed by atoms with Crippen LogP contribution in [0.4, 0.5) is 4.39 Å². The van der Waals surface area contributed by atoms with E-state index in [-0.39, 0.29) is 11.9 Å². The Kier molecular flexibility index (Phi) is 3.54. The second kappa shape index (κ2) is 5.10. The fourth-order valence-electron chi connectivity index (χ4n) is 1.89. The number of imidazole rings is 1. The van der Waals surface area contributed by atoms with E-state index in [0.717, 1.165) is 11.4 Å². The molecule has 4 heteroatoms. The molecule has 0 radical (unpaired) electrons. The van der Waals surface area contributed by atoms with Gasteiger partial charge in [-0.05, 0) is 25.6 Å². The van der Waals surface area contributed by atoms with Crippen molar-refractivity contribution in [3.63, 3.8) is 0 Å². The highest BCUT2D eigenvalue weighted by Gasteiger charge is 2.15. The molecule has 1 heterocycles. The van der Waals surface area contributed by atoms with E-state index < -0.39 is 0 Å². The Labute approximate surface area is 100 Å². The number of nitrogens with zero attached hydrogens (tertiary/aromatic N) is 1. The molecule has 2 aromatic rings. The van der Waals surface area contributed by atoms with E-state index in [1.165, 1.54) is 0 Å². The van der Waals surface area contributed by atoms with Gasteiger partial charge in [0.1, 0.15) is 11.6 Å². The highest BCUT2D eigenvalue weighted by molar-refractivity contribution is 5.26. The SMILES string of the molecule is CNC(Cc1ncc[nH]1)c1ccc(C)cc1F. The Morgan fingerprint density at radius 2 is 2.29 bits per heavy atom. The summed E-state index contributed by atoms with van der Waals surface area (Å²) in [6, 6.07) is 5.24. The average molecular weight is 233 g/mol. The van der Waals surface area contributed by atoms with E-state index >= 15 is 0 Å². The first-order chi connectivity index (χ1) is 8.20. The maximum atomic E-state index is 13.8. The number of aromatic amines is 1. The molecule has 90 valence electrons. The molecule has 0 fully saturated rings. The summed E-state index contributed by atoms with van der Waals surface area (Å²) in [7, 11) is 1.83. The van der Waals surface area contributed by atoms with Crippen LogP contribution in [0.5, 0.6) is 0 Å². The number of aryl methyl sites for hydroxylation is 1. The number of aromatic nitrogens is 2. The number of hydrogen-bond acceptors (Lipinski definition) is 2. The van der Waals surface area contributed by atoms with Crippen molar-refractivity contribution in [3.8, 4) is 0 Å². The molecule has 0 amide bonds. The Morgan fingerprint density at radius 1 is 1.47 bits per heavy atom. The van der Waals surface area contributed by atoms with Gasteiger partial charge in [0.2, 0.25) is 0 Å². The summed E-state index contributed by atoms with van der Waals surface area (Å²) in [6.07, 6.45) is 4.12. The molecule has 17 heavy (non-hydrogen) atoms. The van der Waals surface area contributed by atoms with Crippen LogP contribution in [0, 0.1) is 12.7 Å². The maximum absolute atomic E-state index is 13.8. The Bertz CT molecular complexity index is 479. The molecule has 0 bridgehead atoms. The van der Waals surface area contributed by atoms with Crippen molar-refractivity contribution in [2.24, 2.45) is 0 Å². The molecule has 2 N–H and O–H groups in total. The minimum absolute atomic E-state index is 0.0678. The molecule has 0 saturated heterocycles. The first kappa shape index (κ1) is 11.8. The van der Waals surface area contributed by atoms with Gasteiger partial charge in [-0.25, -0.2) is 9.37 Å². The number of rotatable bonds is 4. The predicted molar refractivity (Wildman–Crippen MR) is 65.2 cm³/mol. The normalized spacial score (nSPS) is 12.6. The smallest absolute Gasteiger partial charge is 0.128 e. The van der Waals surface area contributed by atoms with Gasteiger partial charge in [-0.2, -0.15) is 0 Å². The van der Waals surface area contributed by atoms with Crippen LogP contribution in [0.25, 0.3) is 0 Å². The number of halogens is 1. The minimum Gasteiger partial charge on any atom is -0.349 e. The zero-order valence-corrected chi connectivity index (χ0v) is 10.00. The first-order valence-electron chi connectivity index (χ1n) is 5.62. The summed E-state index contributed by atoms with van der Waals surface area (Å²) in [5, 5.41) is 3.12. The van der Waals surface area contributed by atoms with Gasteiger partial charge in [0.25, 0.3) is 0 Å². The molecule has 1 unspecified atom stereocenters. The molecular formula is C13H16FN3. The van der Waals surface area contributed by atoms with Crippen molar-refractivity contribution in [2.45, 2.75) is 19.4 Å². The summed E-state index contributed by atoms with van der Waals surface area (Å²) in [4.78, 5) is 7.19. The van der Waals surface area contributed by atoms with Gasteiger partial charge in [0.15, 0.2) is 0 Å². The summed E-state index contributed by atoms with van der Waals surface area (Å²) < 4.78 is 13.8. The van der Waals surface area contributed by atoms with Crippen LogP contribution in [-0.4, -0.2) is 17.0 Å². The fraction of sp³-hybridized carbons (Fsp3) is 0.308. The Hall–Kier alpha value is -1.68. The summed E-state index contributed by atoms with van der Waals surface area (Å²) in [5.74, 6) is 0.681. The second-order valence-corrected chi connectivity index (χ2v) is 4.11. The van der Waals surface area contributed by atoms with Crippen LogP contribution in [0.1, 0.15) is 23.0 Å². The van der Waals surface area contributed by atoms with E-state index in [1.54, 1.807) is 18.5 Å². The molecule has 1 aromatic heterocycles.